The second-order valence-corrected chi connectivity index (χ2v) is 8.78. The van der Waals surface area contributed by atoms with E-state index in [0.717, 1.165) is 12.8 Å². The van der Waals surface area contributed by atoms with Crippen molar-refractivity contribution in [3.05, 3.63) is 66.0 Å². The molecule has 4 unspecified atom stereocenters. The molecular formula is C25H37NO. The monoisotopic (exact) mass is 367 g/mol. The van der Waals surface area contributed by atoms with Gasteiger partial charge in [-0.25, -0.2) is 0 Å². The Morgan fingerprint density at radius 2 is 1.59 bits per heavy atom. The highest BCUT2D eigenvalue weighted by molar-refractivity contribution is 5.22. The molecule has 2 aromatic rings. The Kier molecular flexibility index (Phi) is 8.50. The van der Waals surface area contributed by atoms with Gasteiger partial charge in [-0.2, -0.15) is 0 Å². The summed E-state index contributed by atoms with van der Waals surface area (Å²) in [6.07, 6.45) is 6.72. The first-order valence-corrected chi connectivity index (χ1v) is 10.5. The van der Waals surface area contributed by atoms with Gasteiger partial charge in [-0.1, -0.05) is 70.5 Å². The highest BCUT2D eigenvalue weighted by atomic mass is 16.3. The minimum atomic E-state index is -0.341. The van der Waals surface area contributed by atoms with Gasteiger partial charge in [-0.15, -0.1) is 0 Å². The number of pyridine rings is 1. The zero-order valence-electron chi connectivity index (χ0n) is 17.7. The average Bonchev–Trinajstić information content (AvgIpc) is 2.64. The van der Waals surface area contributed by atoms with Crippen molar-refractivity contribution in [1.29, 1.82) is 0 Å². The van der Waals surface area contributed by atoms with Crippen LogP contribution in [0.4, 0.5) is 0 Å². The molecule has 0 bridgehead atoms. The topological polar surface area (TPSA) is 33.1 Å². The normalized spacial score (nSPS) is 16.3. The molecule has 0 amide bonds. The molecule has 1 heterocycles. The average molecular weight is 368 g/mol. The van der Waals surface area contributed by atoms with Crippen LogP contribution in [0, 0.1) is 23.7 Å². The summed E-state index contributed by atoms with van der Waals surface area (Å²) in [4.78, 5) is 4.30. The summed E-state index contributed by atoms with van der Waals surface area (Å²) in [5.74, 6) is 2.17. The van der Waals surface area contributed by atoms with Crippen molar-refractivity contribution in [1.82, 2.24) is 4.98 Å². The fraction of sp³-hybridized carbons (Fsp3) is 0.560. The predicted octanol–water partition coefficient (Wildman–Crippen LogP) is 6.11. The van der Waals surface area contributed by atoms with E-state index in [0.29, 0.717) is 23.7 Å². The molecule has 1 aromatic heterocycles. The number of aliphatic hydroxyl groups is 1. The Morgan fingerprint density at radius 3 is 2.11 bits per heavy atom. The molecule has 4 atom stereocenters. The van der Waals surface area contributed by atoms with E-state index >= 15 is 0 Å². The molecule has 148 valence electrons. The van der Waals surface area contributed by atoms with E-state index < -0.39 is 0 Å². The van der Waals surface area contributed by atoms with Gasteiger partial charge in [-0.05, 0) is 66.5 Å². The summed E-state index contributed by atoms with van der Waals surface area (Å²) >= 11 is 0. The van der Waals surface area contributed by atoms with Gasteiger partial charge in [0, 0.05) is 12.4 Å². The summed E-state index contributed by atoms with van der Waals surface area (Å²) in [6.45, 7) is 11.1. The maximum atomic E-state index is 10.9. The lowest BCUT2D eigenvalue weighted by Crippen LogP contribution is -2.36. The standard InChI is InChI=1S/C25H37NO/c1-18(2)13-14-23(22-11-7-6-8-12-22)25(20(5)27)24(19(3)4)16-21-10-9-15-26-17-21/h6-12,15,17-20,23-25,27H,13-14,16H2,1-5H3. The minimum Gasteiger partial charge on any atom is -0.393 e. The maximum Gasteiger partial charge on any atom is 0.0548 e. The number of hydrogen-bond acceptors (Lipinski definition) is 2. The quantitative estimate of drug-likeness (QED) is 0.549. The molecule has 1 N–H and O–H groups in total. The Hall–Kier alpha value is -1.67. The van der Waals surface area contributed by atoms with E-state index in [4.69, 9.17) is 0 Å². The van der Waals surface area contributed by atoms with E-state index in [9.17, 15) is 5.11 Å². The fourth-order valence-corrected chi connectivity index (χ4v) is 4.39. The van der Waals surface area contributed by atoms with Crippen molar-refractivity contribution in [2.75, 3.05) is 0 Å². The molecule has 2 nitrogen and oxygen atoms in total. The van der Waals surface area contributed by atoms with E-state index in [1.54, 1.807) is 0 Å². The molecule has 2 heteroatoms. The van der Waals surface area contributed by atoms with Crippen molar-refractivity contribution < 1.29 is 5.11 Å². The lowest BCUT2D eigenvalue weighted by Gasteiger charge is -2.39. The van der Waals surface area contributed by atoms with Gasteiger partial charge in [0.15, 0.2) is 0 Å². The predicted molar refractivity (Wildman–Crippen MR) is 115 cm³/mol. The van der Waals surface area contributed by atoms with Crippen LogP contribution in [0.2, 0.25) is 0 Å². The fourth-order valence-electron chi connectivity index (χ4n) is 4.39. The van der Waals surface area contributed by atoms with Crippen LogP contribution in [0.3, 0.4) is 0 Å². The molecule has 0 radical (unpaired) electrons. The van der Waals surface area contributed by atoms with Crippen molar-refractivity contribution >= 4 is 0 Å². The first-order chi connectivity index (χ1) is 12.9. The zero-order chi connectivity index (χ0) is 19.8. The number of nitrogens with zero attached hydrogens (tertiary/aromatic N) is 1. The molecule has 0 fully saturated rings. The smallest absolute Gasteiger partial charge is 0.0548 e. The number of benzene rings is 1. The molecule has 0 spiro atoms. The number of aromatic nitrogens is 1. The van der Waals surface area contributed by atoms with Crippen molar-refractivity contribution in [3.63, 3.8) is 0 Å². The summed E-state index contributed by atoms with van der Waals surface area (Å²) in [5.41, 5.74) is 2.62. The lowest BCUT2D eigenvalue weighted by molar-refractivity contribution is 0.0475. The van der Waals surface area contributed by atoms with Gasteiger partial charge in [0.05, 0.1) is 6.10 Å². The van der Waals surface area contributed by atoms with Crippen LogP contribution >= 0.6 is 0 Å². The zero-order valence-corrected chi connectivity index (χ0v) is 17.7. The van der Waals surface area contributed by atoms with Gasteiger partial charge in [0.25, 0.3) is 0 Å². The minimum absolute atomic E-state index is 0.228. The second kappa shape index (κ2) is 10.6. The van der Waals surface area contributed by atoms with Crippen LogP contribution in [0.1, 0.15) is 64.5 Å². The lowest BCUT2D eigenvalue weighted by atomic mass is 9.67. The number of hydrogen-bond donors (Lipinski definition) is 1. The van der Waals surface area contributed by atoms with Crippen molar-refractivity contribution in [2.24, 2.45) is 23.7 Å². The summed E-state index contributed by atoms with van der Waals surface area (Å²) in [6, 6.07) is 15.0. The molecule has 0 aliphatic rings. The molecular weight excluding hydrogens is 330 g/mol. The molecule has 0 saturated carbocycles. The molecule has 27 heavy (non-hydrogen) atoms. The largest absolute Gasteiger partial charge is 0.393 e. The van der Waals surface area contributed by atoms with Crippen molar-refractivity contribution in [3.8, 4) is 0 Å². The molecule has 2 rings (SSSR count). The van der Waals surface area contributed by atoms with Crippen LogP contribution in [0.25, 0.3) is 0 Å². The van der Waals surface area contributed by atoms with Gasteiger partial charge in [-0.3, -0.25) is 4.98 Å². The van der Waals surface area contributed by atoms with Crippen LogP contribution in [-0.2, 0) is 6.42 Å². The first kappa shape index (κ1) is 21.6. The van der Waals surface area contributed by atoms with Crippen LogP contribution in [0.15, 0.2) is 54.9 Å². The van der Waals surface area contributed by atoms with Gasteiger partial charge < -0.3 is 5.11 Å². The number of rotatable bonds is 10. The first-order valence-electron chi connectivity index (χ1n) is 10.5. The van der Waals surface area contributed by atoms with E-state index in [1.165, 1.54) is 17.5 Å². The summed E-state index contributed by atoms with van der Waals surface area (Å²) < 4.78 is 0. The Balaban J connectivity index is 2.37. The Morgan fingerprint density at radius 1 is 0.889 bits per heavy atom. The highest BCUT2D eigenvalue weighted by Gasteiger charge is 2.35. The third-order valence-electron chi connectivity index (χ3n) is 5.85. The van der Waals surface area contributed by atoms with Crippen LogP contribution < -0.4 is 0 Å². The molecule has 0 saturated heterocycles. The molecule has 1 aromatic carbocycles. The van der Waals surface area contributed by atoms with Gasteiger partial charge in [0.1, 0.15) is 0 Å². The second-order valence-electron chi connectivity index (χ2n) is 8.78. The third kappa shape index (κ3) is 6.46. The third-order valence-corrected chi connectivity index (χ3v) is 5.85. The summed E-state index contributed by atoms with van der Waals surface area (Å²) in [7, 11) is 0. The molecule has 0 aliphatic carbocycles. The molecule has 0 aliphatic heterocycles. The van der Waals surface area contributed by atoms with Crippen LogP contribution in [0.5, 0.6) is 0 Å². The SMILES string of the molecule is CC(C)CCC(c1ccccc1)C(C(C)O)C(Cc1cccnc1)C(C)C. The van der Waals surface area contributed by atoms with Gasteiger partial charge >= 0.3 is 0 Å². The van der Waals surface area contributed by atoms with Crippen molar-refractivity contribution in [2.45, 2.75) is 65.9 Å². The van der Waals surface area contributed by atoms with Crippen LogP contribution in [-0.4, -0.2) is 16.2 Å². The van der Waals surface area contributed by atoms with Gasteiger partial charge in [0.2, 0.25) is 0 Å². The Bertz CT molecular complexity index is 636. The maximum absolute atomic E-state index is 10.9. The number of aliphatic hydroxyl groups excluding tert-OH is 1. The van der Waals surface area contributed by atoms with E-state index in [1.807, 2.05) is 25.4 Å². The Labute approximate surface area is 166 Å². The van der Waals surface area contributed by atoms with E-state index in [2.05, 4.69) is 69.1 Å². The summed E-state index contributed by atoms with van der Waals surface area (Å²) in [5, 5.41) is 10.9. The van der Waals surface area contributed by atoms with E-state index in [-0.39, 0.29) is 12.0 Å². The highest BCUT2D eigenvalue weighted by Crippen LogP contribution is 2.41.